The maximum absolute atomic E-state index is 12.3. The monoisotopic (exact) mass is 537 g/mol. The summed E-state index contributed by atoms with van der Waals surface area (Å²) in [7, 11) is 1.63. The number of carbonyl (C=O) groups is 3. The van der Waals surface area contributed by atoms with E-state index < -0.39 is 24.3 Å². The number of Topliss-reactive ketones (excluding diaryl/α,β-unsaturated/α-hetero) is 1. The number of ketones is 1. The number of ether oxygens (including phenoxy) is 1. The standard InChI is InChI=1S/C32H31N3O5/c1-40-28-10-4-8-25(20-28)9-5-11-31(38)34-27-18-14-24(15-19-27)7-3-2-6-23-12-16-26(17-13-23)32(39)35-29(21-33)30(37)22-36/h4,8,10,12-20,29,36H,5,9,11,21-22,33H2,1H3,(H,34,38)(H,35,39)/t29-/m0/s1. The van der Waals surface area contributed by atoms with Gasteiger partial charge in [-0.1, -0.05) is 24.0 Å². The zero-order chi connectivity index (χ0) is 28.7. The first-order valence-corrected chi connectivity index (χ1v) is 12.7. The highest BCUT2D eigenvalue weighted by Gasteiger charge is 2.18. The Hall–Kier alpha value is -4.89. The van der Waals surface area contributed by atoms with E-state index >= 15 is 0 Å². The van der Waals surface area contributed by atoms with Crippen LogP contribution in [0.1, 0.15) is 39.9 Å². The molecule has 0 heterocycles. The van der Waals surface area contributed by atoms with Gasteiger partial charge in [-0.25, -0.2) is 0 Å². The number of nitrogens with two attached hydrogens (primary N) is 1. The summed E-state index contributed by atoms with van der Waals surface area (Å²) < 4.78 is 5.23. The minimum absolute atomic E-state index is 0.0473. The number of methoxy groups -OCH3 is 1. The van der Waals surface area contributed by atoms with Gasteiger partial charge in [0.25, 0.3) is 5.91 Å². The van der Waals surface area contributed by atoms with Crippen LogP contribution in [0.5, 0.6) is 5.75 Å². The number of nitrogens with one attached hydrogen (secondary N) is 2. The molecule has 0 aromatic heterocycles. The Balaban J connectivity index is 1.46. The molecule has 0 aliphatic rings. The van der Waals surface area contributed by atoms with Gasteiger partial charge in [0, 0.05) is 35.3 Å². The SMILES string of the molecule is COc1cccc(CCCC(=O)Nc2ccc(C#CC#Cc3ccc(C(=O)N[C@@H](CN)C(=O)CO)cc3)cc2)c1. The van der Waals surface area contributed by atoms with Gasteiger partial charge < -0.3 is 26.2 Å². The van der Waals surface area contributed by atoms with E-state index in [-0.39, 0.29) is 12.5 Å². The van der Waals surface area contributed by atoms with Crippen molar-refractivity contribution in [2.45, 2.75) is 25.3 Å². The molecule has 204 valence electrons. The fraction of sp³-hybridized carbons (Fsp3) is 0.219. The number of hydrogen-bond acceptors (Lipinski definition) is 6. The third kappa shape index (κ3) is 9.45. The molecule has 0 unspecified atom stereocenters. The molecule has 0 bridgehead atoms. The summed E-state index contributed by atoms with van der Waals surface area (Å²) in [5.74, 6) is 11.2. The van der Waals surface area contributed by atoms with E-state index in [4.69, 9.17) is 15.6 Å². The van der Waals surface area contributed by atoms with E-state index in [1.807, 2.05) is 36.4 Å². The van der Waals surface area contributed by atoms with Crippen LogP contribution < -0.4 is 21.1 Å². The number of hydrogen-bond donors (Lipinski definition) is 4. The highest BCUT2D eigenvalue weighted by molar-refractivity contribution is 5.98. The average molecular weight is 538 g/mol. The highest BCUT2D eigenvalue weighted by atomic mass is 16.5. The maximum Gasteiger partial charge on any atom is 0.251 e. The molecule has 3 aromatic rings. The molecule has 3 rings (SSSR count). The summed E-state index contributed by atoms with van der Waals surface area (Å²) in [5.41, 5.74) is 9.07. The van der Waals surface area contributed by atoms with Gasteiger partial charge >= 0.3 is 0 Å². The van der Waals surface area contributed by atoms with Gasteiger partial charge in [-0.05, 0) is 90.9 Å². The Kier molecular flexibility index (Phi) is 11.5. The Morgan fingerprint density at radius 1 is 0.950 bits per heavy atom. The zero-order valence-electron chi connectivity index (χ0n) is 22.2. The van der Waals surface area contributed by atoms with Gasteiger partial charge in [0.05, 0.1) is 7.11 Å². The molecule has 0 saturated carbocycles. The van der Waals surface area contributed by atoms with Crippen molar-refractivity contribution < 1.29 is 24.2 Å². The molecule has 1 atom stereocenters. The summed E-state index contributed by atoms with van der Waals surface area (Å²) in [6.45, 7) is -0.790. The maximum atomic E-state index is 12.3. The molecule has 3 aromatic carbocycles. The van der Waals surface area contributed by atoms with Crippen LogP contribution in [-0.2, 0) is 16.0 Å². The molecule has 0 aliphatic heterocycles. The van der Waals surface area contributed by atoms with Crippen molar-refractivity contribution in [3.63, 3.8) is 0 Å². The topological polar surface area (TPSA) is 131 Å². The van der Waals surface area contributed by atoms with Gasteiger partial charge in [-0.15, -0.1) is 0 Å². The van der Waals surface area contributed by atoms with Gasteiger partial charge in [-0.2, -0.15) is 0 Å². The minimum atomic E-state index is -0.937. The second-order valence-electron chi connectivity index (χ2n) is 8.79. The van der Waals surface area contributed by atoms with E-state index in [1.54, 1.807) is 43.5 Å². The van der Waals surface area contributed by atoms with E-state index in [0.29, 0.717) is 23.2 Å². The summed E-state index contributed by atoms with van der Waals surface area (Å²) >= 11 is 0. The first-order chi connectivity index (χ1) is 19.4. The molecule has 2 amide bonds. The molecule has 5 N–H and O–H groups in total. The molecular weight excluding hydrogens is 506 g/mol. The normalized spacial score (nSPS) is 10.7. The highest BCUT2D eigenvalue weighted by Crippen LogP contribution is 2.15. The van der Waals surface area contributed by atoms with E-state index in [0.717, 1.165) is 29.7 Å². The number of amides is 2. The van der Waals surface area contributed by atoms with Crippen LogP contribution in [0.3, 0.4) is 0 Å². The van der Waals surface area contributed by atoms with Crippen LogP contribution in [0.2, 0.25) is 0 Å². The summed E-state index contributed by atoms with van der Waals surface area (Å²) in [5, 5.41) is 14.3. The first kappa shape index (κ1) is 29.7. The lowest BCUT2D eigenvalue weighted by molar-refractivity contribution is -0.123. The van der Waals surface area contributed by atoms with Gasteiger partial charge in [0.15, 0.2) is 5.78 Å². The van der Waals surface area contributed by atoms with Crippen LogP contribution in [0, 0.1) is 23.7 Å². The van der Waals surface area contributed by atoms with Crippen molar-refractivity contribution in [2.75, 3.05) is 25.6 Å². The molecule has 0 spiro atoms. The van der Waals surface area contributed by atoms with Gasteiger partial charge in [-0.3, -0.25) is 14.4 Å². The van der Waals surface area contributed by atoms with Crippen LogP contribution in [0.4, 0.5) is 5.69 Å². The second-order valence-corrected chi connectivity index (χ2v) is 8.79. The van der Waals surface area contributed by atoms with E-state index in [2.05, 4.69) is 34.3 Å². The molecule has 0 aliphatic carbocycles. The van der Waals surface area contributed by atoms with Gasteiger partial charge in [0.1, 0.15) is 18.4 Å². The van der Waals surface area contributed by atoms with Crippen molar-refractivity contribution in [1.82, 2.24) is 5.32 Å². The Labute approximate surface area is 233 Å². The molecule has 8 heteroatoms. The fourth-order valence-corrected chi connectivity index (χ4v) is 3.68. The van der Waals surface area contributed by atoms with Crippen LogP contribution in [0.25, 0.3) is 0 Å². The number of aliphatic hydroxyl groups is 1. The summed E-state index contributed by atoms with van der Waals surface area (Å²) in [6, 6.07) is 20.6. The quantitative estimate of drug-likeness (QED) is 0.278. The van der Waals surface area contributed by atoms with Crippen molar-refractivity contribution in [3.8, 4) is 29.4 Å². The number of carbonyl (C=O) groups excluding carboxylic acids is 3. The number of rotatable bonds is 11. The molecule has 40 heavy (non-hydrogen) atoms. The summed E-state index contributed by atoms with van der Waals surface area (Å²) in [6.07, 6.45) is 1.94. The Morgan fingerprint density at radius 3 is 2.20 bits per heavy atom. The molecular formula is C32H31N3O5. The number of aliphatic hydroxyl groups excluding tert-OH is 1. The second kappa shape index (κ2) is 15.5. The predicted molar refractivity (Wildman–Crippen MR) is 154 cm³/mol. The lowest BCUT2D eigenvalue weighted by Gasteiger charge is -2.14. The first-order valence-electron chi connectivity index (χ1n) is 12.7. The van der Waals surface area contributed by atoms with Crippen LogP contribution >= 0.6 is 0 Å². The average Bonchev–Trinajstić information content (AvgIpc) is 2.98. The number of benzene rings is 3. The summed E-state index contributed by atoms with van der Waals surface area (Å²) in [4.78, 5) is 36.1. The van der Waals surface area contributed by atoms with Crippen molar-refractivity contribution in [3.05, 3.63) is 95.1 Å². The third-order valence-electron chi connectivity index (χ3n) is 5.88. The van der Waals surface area contributed by atoms with Crippen molar-refractivity contribution in [2.24, 2.45) is 5.73 Å². The molecule has 0 radical (unpaired) electrons. The Morgan fingerprint density at radius 2 is 1.60 bits per heavy atom. The molecule has 8 nitrogen and oxygen atoms in total. The smallest absolute Gasteiger partial charge is 0.251 e. The van der Waals surface area contributed by atoms with Crippen LogP contribution in [-0.4, -0.2) is 49.0 Å². The van der Waals surface area contributed by atoms with Crippen LogP contribution in [0.15, 0.2) is 72.8 Å². The van der Waals surface area contributed by atoms with E-state index in [1.165, 1.54) is 0 Å². The lowest BCUT2D eigenvalue weighted by Crippen LogP contribution is -2.46. The molecule has 0 saturated heterocycles. The third-order valence-corrected chi connectivity index (χ3v) is 5.88. The predicted octanol–water partition coefficient (Wildman–Crippen LogP) is 2.68. The number of anilines is 1. The minimum Gasteiger partial charge on any atom is -0.497 e. The largest absolute Gasteiger partial charge is 0.497 e. The Bertz CT molecular complexity index is 1440. The van der Waals surface area contributed by atoms with Crippen molar-refractivity contribution >= 4 is 23.3 Å². The van der Waals surface area contributed by atoms with Gasteiger partial charge in [0.2, 0.25) is 5.91 Å². The fourth-order valence-electron chi connectivity index (χ4n) is 3.68. The zero-order valence-corrected chi connectivity index (χ0v) is 22.2. The lowest BCUT2D eigenvalue weighted by atomic mass is 10.1. The molecule has 0 fully saturated rings. The van der Waals surface area contributed by atoms with E-state index in [9.17, 15) is 14.4 Å². The van der Waals surface area contributed by atoms with Crippen molar-refractivity contribution in [1.29, 1.82) is 0 Å². The number of aryl methyl sites for hydroxylation is 1.